The van der Waals surface area contributed by atoms with Gasteiger partial charge >= 0.3 is 0 Å². The molecule has 2 aromatic heterocycles. The Bertz CT molecular complexity index is 492. The number of aromatic nitrogens is 2. The maximum absolute atomic E-state index is 4.60. The lowest BCUT2D eigenvalue weighted by atomic mass is 9.84. The van der Waals surface area contributed by atoms with Crippen LogP contribution in [-0.4, -0.2) is 26.9 Å². The Balaban J connectivity index is 1.59. The van der Waals surface area contributed by atoms with Crippen LogP contribution < -0.4 is 5.32 Å². The zero-order valence-electron chi connectivity index (χ0n) is 10.7. The minimum Gasteiger partial charge on any atom is -0.310 e. The summed E-state index contributed by atoms with van der Waals surface area (Å²) in [6.07, 6.45) is 10.5. The van der Waals surface area contributed by atoms with E-state index in [0.29, 0.717) is 4.75 Å². The number of hydrogen-bond donors (Lipinski definition) is 1. The fourth-order valence-electron chi connectivity index (χ4n) is 2.51. The van der Waals surface area contributed by atoms with E-state index >= 15 is 0 Å². The average Bonchev–Trinajstić information content (AvgIpc) is 2.75. The smallest absolute Gasteiger partial charge is 0.137 e. The van der Waals surface area contributed by atoms with Crippen LogP contribution in [0.3, 0.4) is 0 Å². The van der Waals surface area contributed by atoms with Gasteiger partial charge in [0.05, 0.1) is 5.69 Å². The molecule has 1 N–H and O–H groups in total. The van der Waals surface area contributed by atoms with E-state index in [2.05, 4.69) is 27.2 Å². The first-order chi connectivity index (χ1) is 8.81. The molecule has 0 amide bonds. The molecule has 3 nitrogen and oxygen atoms in total. The van der Waals surface area contributed by atoms with Crippen molar-refractivity contribution in [3.8, 4) is 0 Å². The van der Waals surface area contributed by atoms with Gasteiger partial charge in [-0.2, -0.15) is 11.8 Å². The van der Waals surface area contributed by atoms with E-state index in [1.165, 1.54) is 19.3 Å². The quantitative estimate of drug-likeness (QED) is 0.897. The van der Waals surface area contributed by atoms with Gasteiger partial charge in [-0.1, -0.05) is 12.5 Å². The van der Waals surface area contributed by atoms with Crippen molar-refractivity contribution in [3.63, 3.8) is 0 Å². The second-order valence-electron chi connectivity index (χ2n) is 5.04. The van der Waals surface area contributed by atoms with Crippen LogP contribution in [0.15, 0.2) is 30.6 Å². The highest BCUT2D eigenvalue weighted by molar-refractivity contribution is 8.00. The summed E-state index contributed by atoms with van der Waals surface area (Å²) in [6, 6.07) is 6.10. The molecule has 1 saturated carbocycles. The fourth-order valence-corrected chi connectivity index (χ4v) is 3.46. The maximum Gasteiger partial charge on any atom is 0.137 e. The normalized spacial score (nSPS) is 17.8. The van der Waals surface area contributed by atoms with Crippen molar-refractivity contribution < 1.29 is 0 Å². The van der Waals surface area contributed by atoms with Crippen LogP contribution in [0.25, 0.3) is 5.65 Å². The van der Waals surface area contributed by atoms with Gasteiger partial charge in [0.1, 0.15) is 5.65 Å². The second-order valence-corrected chi connectivity index (χ2v) is 6.32. The molecular weight excluding hydrogens is 242 g/mol. The monoisotopic (exact) mass is 261 g/mol. The first-order valence-corrected chi connectivity index (χ1v) is 7.72. The van der Waals surface area contributed by atoms with E-state index in [4.69, 9.17) is 0 Å². The number of imidazole rings is 1. The molecule has 0 spiro atoms. The van der Waals surface area contributed by atoms with Crippen LogP contribution in [0.5, 0.6) is 0 Å². The lowest BCUT2D eigenvalue weighted by Gasteiger charge is -2.40. The predicted molar refractivity (Wildman–Crippen MR) is 77.0 cm³/mol. The predicted octanol–water partition coefficient (Wildman–Crippen LogP) is 2.71. The first kappa shape index (κ1) is 12.1. The van der Waals surface area contributed by atoms with Crippen LogP contribution in [0, 0.1) is 0 Å². The van der Waals surface area contributed by atoms with Crippen molar-refractivity contribution >= 4 is 17.4 Å². The van der Waals surface area contributed by atoms with Gasteiger partial charge in [0.25, 0.3) is 0 Å². The molecule has 0 aromatic carbocycles. The summed E-state index contributed by atoms with van der Waals surface area (Å²) >= 11 is 2.01. The van der Waals surface area contributed by atoms with Gasteiger partial charge in [-0.15, -0.1) is 0 Å². The summed E-state index contributed by atoms with van der Waals surface area (Å²) < 4.78 is 2.57. The lowest BCUT2D eigenvalue weighted by Crippen LogP contribution is -2.43. The molecule has 3 rings (SSSR count). The van der Waals surface area contributed by atoms with Gasteiger partial charge in [0.15, 0.2) is 0 Å². The summed E-state index contributed by atoms with van der Waals surface area (Å²) in [6.45, 7) is 1.96. The van der Waals surface area contributed by atoms with Gasteiger partial charge in [-0.05, 0) is 31.2 Å². The summed E-state index contributed by atoms with van der Waals surface area (Å²) in [5.74, 6) is 0. The lowest BCUT2D eigenvalue weighted by molar-refractivity contribution is 0.345. The number of hydrogen-bond acceptors (Lipinski definition) is 3. The van der Waals surface area contributed by atoms with Gasteiger partial charge in [-0.3, -0.25) is 0 Å². The average molecular weight is 261 g/mol. The first-order valence-electron chi connectivity index (χ1n) is 6.50. The SMILES string of the molecule is CSC1(CNCc2cn3ccccc3n2)CCC1. The van der Waals surface area contributed by atoms with Crippen molar-refractivity contribution in [1.29, 1.82) is 0 Å². The van der Waals surface area contributed by atoms with E-state index in [1.807, 2.05) is 36.2 Å². The maximum atomic E-state index is 4.60. The van der Waals surface area contributed by atoms with Crippen LogP contribution in [-0.2, 0) is 6.54 Å². The van der Waals surface area contributed by atoms with E-state index in [1.54, 1.807) is 0 Å². The highest BCUT2D eigenvalue weighted by Gasteiger charge is 2.35. The molecule has 1 fully saturated rings. The molecule has 4 heteroatoms. The summed E-state index contributed by atoms with van der Waals surface area (Å²) in [5, 5.41) is 3.56. The van der Waals surface area contributed by atoms with Crippen LogP contribution in [0.1, 0.15) is 25.0 Å². The molecule has 2 heterocycles. The highest BCUT2D eigenvalue weighted by atomic mass is 32.2. The molecule has 0 radical (unpaired) electrons. The number of thioether (sulfide) groups is 1. The van der Waals surface area contributed by atoms with Gasteiger partial charge in [0.2, 0.25) is 0 Å². The Labute approximate surface area is 112 Å². The molecule has 1 aliphatic rings. The molecule has 96 valence electrons. The number of rotatable bonds is 5. The Morgan fingerprint density at radius 2 is 2.33 bits per heavy atom. The molecular formula is C14H19N3S. The number of fused-ring (bicyclic) bond motifs is 1. The minimum atomic E-state index is 0.499. The summed E-state index contributed by atoms with van der Waals surface area (Å²) in [5.41, 5.74) is 2.15. The molecule has 0 bridgehead atoms. The van der Waals surface area contributed by atoms with Crippen molar-refractivity contribution in [2.75, 3.05) is 12.8 Å². The number of nitrogens with one attached hydrogen (secondary N) is 1. The summed E-state index contributed by atoms with van der Waals surface area (Å²) in [4.78, 5) is 4.60. The molecule has 1 aliphatic carbocycles. The van der Waals surface area contributed by atoms with Gasteiger partial charge in [0, 0.05) is 30.2 Å². The number of pyridine rings is 1. The van der Waals surface area contributed by atoms with Crippen LogP contribution in [0.2, 0.25) is 0 Å². The van der Waals surface area contributed by atoms with Gasteiger partial charge < -0.3 is 9.72 Å². The zero-order chi connectivity index (χ0) is 12.4. The van der Waals surface area contributed by atoms with E-state index in [0.717, 1.165) is 24.4 Å². The van der Waals surface area contributed by atoms with Crippen LogP contribution in [0.4, 0.5) is 0 Å². The molecule has 0 aliphatic heterocycles. The van der Waals surface area contributed by atoms with Gasteiger partial charge in [-0.25, -0.2) is 4.98 Å². The molecule has 0 atom stereocenters. The van der Waals surface area contributed by atoms with Crippen LogP contribution >= 0.6 is 11.8 Å². The highest BCUT2D eigenvalue weighted by Crippen LogP contribution is 2.42. The molecule has 18 heavy (non-hydrogen) atoms. The summed E-state index contributed by atoms with van der Waals surface area (Å²) in [7, 11) is 0. The molecule has 0 unspecified atom stereocenters. The third-order valence-electron chi connectivity index (χ3n) is 3.86. The van der Waals surface area contributed by atoms with Crippen molar-refractivity contribution in [1.82, 2.24) is 14.7 Å². The Hall–Kier alpha value is -1.00. The van der Waals surface area contributed by atoms with Crippen molar-refractivity contribution in [3.05, 3.63) is 36.3 Å². The Kier molecular flexibility index (Phi) is 3.31. The second kappa shape index (κ2) is 4.94. The molecule has 0 saturated heterocycles. The largest absolute Gasteiger partial charge is 0.310 e. The van der Waals surface area contributed by atoms with Crippen molar-refractivity contribution in [2.45, 2.75) is 30.6 Å². The Morgan fingerprint density at radius 3 is 3.00 bits per heavy atom. The number of nitrogens with zero attached hydrogens (tertiary/aromatic N) is 2. The minimum absolute atomic E-state index is 0.499. The zero-order valence-corrected chi connectivity index (χ0v) is 11.5. The van der Waals surface area contributed by atoms with Crippen molar-refractivity contribution in [2.24, 2.45) is 0 Å². The Morgan fingerprint density at radius 1 is 1.44 bits per heavy atom. The third-order valence-corrected chi connectivity index (χ3v) is 5.28. The van der Waals surface area contributed by atoms with E-state index in [9.17, 15) is 0 Å². The standard InChI is InChI=1S/C14H19N3S/c1-18-14(6-4-7-14)11-15-9-12-10-17-8-3-2-5-13(17)16-12/h2-3,5,8,10,15H,4,6-7,9,11H2,1H3. The van der Waals surface area contributed by atoms with E-state index in [-0.39, 0.29) is 0 Å². The topological polar surface area (TPSA) is 29.3 Å². The fraction of sp³-hybridized carbons (Fsp3) is 0.500. The molecule has 2 aromatic rings. The third kappa shape index (κ3) is 2.27. The van der Waals surface area contributed by atoms with E-state index < -0.39 is 0 Å².